The van der Waals surface area contributed by atoms with Gasteiger partial charge in [0.25, 0.3) is 5.56 Å². The lowest BCUT2D eigenvalue weighted by Crippen LogP contribution is -2.28. The molecule has 1 aromatic heterocycles. The van der Waals surface area contributed by atoms with E-state index >= 15 is 0 Å². The van der Waals surface area contributed by atoms with Gasteiger partial charge in [0.1, 0.15) is 13.2 Å². The summed E-state index contributed by atoms with van der Waals surface area (Å²) in [5, 5.41) is 0. The molecule has 0 radical (unpaired) electrons. The molecule has 35 heavy (non-hydrogen) atoms. The average molecular weight is 486 g/mol. The van der Waals surface area contributed by atoms with Crippen LogP contribution in [-0.2, 0) is 29.2 Å². The first-order chi connectivity index (χ1) is 17.3. The lowest BCUT2D eigenvalue weighted by molar-refractivity contribution is 0.0752. The van der Waals surface area contributed by atoms with Gasteiger partial charge >= 0.3 is 0 Å². The summed E-state index contributed by atoms with van der Waals surface area (Å²) < 4.78 is 25.2. The highest BCUT2D eigenvalue weighted by molar-refractivity contribution is 5.39. The van der Waals surface area contributed by atoms with Crippen LogP contribution in [0.1, 0.15) is 82.4 Å². The zero-order valence-corrected chi connectivity index (χ0v) is 21.5. The largest absolute Gasteiger partial charge is 0.487 e. The number of para-hydroxylation sites is 2. The number of pyridine rings is 1. The van der Waals surface area contributed by atoms with Gasteiger partial charge in [-0.1, -0.05) is 76.8 Å². The van der Waals surface area contributed by atoms with Gasteiger partial charge in [-0.3, -0.25) is 4.79 Å². The van der Waals surface area contributed by atoms with E-state index in [0.29, 0.717) is 50.1 Å². The third-order valence-corrected chi connectivity index (χ3v) is 6.41. The second kappa shape index (κ2) is 16.4. The van der Waals surface area contributed by atoms with Crippen LogP contribution in [0, 0.1) is 0 Å². The predicted octanol–water partition coefficient (Wildman–Crippen LogP) is 6.27. The Morgan fingerprint density at radius 2 is 1.26 bits per heavy atom. The predicted molar refractivity (Wildman–Crippen MR) is 139 cm³/mol. The highest BCUT2D eigenvalue weighted by Crippen LogP contribution is 2.26. The quantitative estimate of drug-likeness (QED) is 0.351. The van der Waals surface area contributed by atoms with E-state index < -0.39 is 0 Å². The zero-order chi connectivity index (χ0) is 24.6. The van der Waals surface area contributed by atoms with Crippen LogP contribution in [-0.4, -0.2) is 31.0 Å². The standard InChI is InChI=1S/C29H43NO5/c1-2-3-4-5-6-7-8-9-10-13-18-30-26-17-16-25(29(30)31)23-32-19-21-34-27-14-11-12-15-28(27)35-22-20-33-24-26/h11-12,14-17H,2-10,13,18-24H2,1H3. The van der Waals surface area contributed by atoms with Crippen LogP contribution < -0.4 is 15.0 Å². The Morgan fingerprint density at radius 3 is 1.89 bits per heavy atom. The fourth-order valence-electron chi connectivity index (χ4n) is 4.37. The highest BCUT2D eigenvalue weighted by atomic mass is 16.6. The van der Waals surface area contributed by atoms with Gasteiger partial charge in [0.05, 0.1) is 26.4 Å². The van der Waals surface area contributed by atoms with E-state index in [1.807, 2.05) is 41.0 Å². The number of hydrogen-bond donors (Lipinski definition) is 0. The van der Waals surface area contributed by atoms with Crippen LogP contribution in [0.25, 0.3) is 0 Å². The van der Waals surface area contributed by atoms with E-state index in [1.54, 1.807) is 0 Å². The number of ether oxygens (including phenoxy) is 4. The molecule has 6 heteroatoms. The van der Waals surface area contributed by atoms with Gasteiger partial charge in [-0.15, -0.1) is 0 Å². The Kier molecular flexibility index (Phi) is 12.8. The van der Waals surface area contributed by atoms with E-state index in [4.69, 9.17) is 18.9 Å². The fourth-order valence-corrected chi connectivity index (χ4v) is 4.37. The molecule has 194 valence electrons. The number of benzene rings is 1. The summed E-state index contributed by atoms with van der Waals surface area (Å²) in [7, 11) is 0. The molecule has 0 saturated heterocycles. The van der Waals surface area contributed by atoms with Gasteiger partial charge in [-0.25, -0.2) is 0 Å². The SMILES string of the molecule is CCCCCCCCCCCCn1c2ccc(c1=O)COCCOc1ccccc1OCCOC2. The van der Waals surface area contributed by atoms with Gasteiger partial charge in [-0.05, 0) is 30.7 Å². The molecule has 0 amide bonds. The summed E-state index contributed by atoms with van der Waals surface area (Å²) in [5.74, 6) is 1.38. The average Bonchev–Trinajstić information content (AvgIpc) is 2.87. The molecule has 2 aromatic rings. The minimum atomic E-state index is 0.0247. The summed E-state index contributed by atoms with van der Waals surface area (Å²) >= 11 is 0. The van der Waals surface area contributed by atoms with Crippen LogP contribution in [0.2, 0.25) is 0 Å². The normalized spacial score (nSPS) is 14.8. The fraction of sp³-hybridized carbons (Fsp3) is 0.621. The van der Waals surface area contributed by atoms with Crippen molar-refractivity contribution in [3.05, 3.63) is 58.0 Å². The molecule has 0 unspecified atom stereocenters. The molecule has 6 nitrogen and oxygen atoms in total. The number of hydrogen-bond acceptors (Lipinski definition) is 5. The molecule has 2 aliphatic rings. The Labute approximate surface area is 210 Å². The highest BCUT2D eigenvalue weighted by Gasteiger charge is 2.11. The van der Waals surface area contributed by atoms with Gasteiger partial charge in [-0.2, -0.15) is 0 Å². The number of nitrogens with zero attached hydrogens (tertiary/aromatic N) is 1. The minimum absolute atomic E-state index is 0.0247. The van der Waals surface area contributed by atoms with E-state index in [2.05, 4.69) is 6.92 Å². The van der Waals surface area contributed by atoms with Crippen LogP contribution >= 0.6 is 0 Å². The molecule has 3 heterocycles. The number of rotatable bonds is 11. The number of aromatic nitrogens is 1. The Balaban J connectivity index is 1.51. The van der Waals surface area contributed by atoms with Gasteiger partial charge < -0.3 is 23.5 Å². The first-order valence-electron chi connectivity index (χ1n) is 13.5. The summed E-state index contributed by atoms with van der Waals surface area (Å²) in [6, 6.07) is 11.5. The first-order valence-corrected chi connectivity index (χ1v) is 13.5. The van der Waals surface area contributed by atoms with Crippen molar-refractivity contribution in [2.75, 3.05) is 26.4 Å². The number of fused-ring (bicyclic) bond motifs is 10. The van der Waals surface area contributed by atoms with Crippen molar-refractivity contribution in [2.24, 2.45) is 0 Å². The van der Waals surface area contributed by atoms with E-state index in [1.165, 1.54) is 51.4 Å². The lowest BCUT2D eigenvalue weighted by atomic mass is 10.1. The molecule has 0 N–H and O–H groups in total. The molecule has 2 aliphatic heterocycles. The monoisotopic (exact) mass is 485 g/mol. The molecule has 0 aliphatic carbocycles. The molecule has 0 fully saturated rings. The van der Waals surface area contributed by atoms with Gasteiger partial charge in [0.2, 0.25) is 0 Å². The minimum Gasteiger partial charge on any atom is -0.487 e. The molecule has 4 rings (SSSR count). The zero-order valence-electron chi connectivity index (χ0n) is 21.5. The van der Waals surface area contributed by atoms with Crippen LogP contribution in [0.4, 0.5) is 0 Å². The topological polar surface area (TPSA) is 58.9 Å². The van der Waals surface area contributed by atoms with E-state index in [0.717, 1.165) is 25.1 Å². The smallest absolute Gasteiger partial charge is 0.256 e. The third kappa shape index (κ3) is 9.69. The van der Waals surface area contributed by atoms with Crippen molar-refractivity contribution < 1.29 is 18.9 Å². The van der Waals surface area contributed by atoms with Crippen LogP contribution in [0.5, 0.6) is 11.5 Å². The van der Waals surface area contributed by atoms with E-state index in [-0.39, 0.29) is 12.2 Å². The summed E-state index contributed by atoms with van der Waals surface area (Å²) in [5.41, 5.74) is 1.61. The maximum atomic E-state index is 13.2. The molecule has 1 aromatic carbocycles. The maximum Gasteiger partial charge on any atom is 0.256 e. The van der Waals surface area contributed by atoms with Crippen LogP contribution in [0.3, 0.4) is 0 Å². The third-order valence-electron chi connectivity index (χ3n) is 6.41. The number of unbranched alkanes of at least 4 members (excludes halogenated alkanes) is 9. The molecular formula is C29H43NO5. The van der Waals surface area contributed by atoms with Crippen molar-refractivity contribution >= 4 is 0 Å². The van der Waals surface area contributed by atoms with Gasteiger partial charge in [0, 0.05) is 17.8 Å². The van der Waals surface area contributed by atoms with Crippen molar-refractivity contribution in [1.29, 1.82) is 0 Å². The summed E-state index contributed by atoms with van der Waals surface area (Å²) in [4.78, 5) is 13.2. The Morgan fingerprint density at radius 1 is 0.686 bits per heavy atom. The Bertz CT molecular complexity index is 910. The van der Waals surface area contributed by atoms with Crippen molar-refractivity contribution in [3.63, 3.8) is 0 Å². The van der Waals surface area contributed by atoms with Crippen LogP contribution in [0.15, 0.2) is 41.2 Å². The molecule has 0 saturated carbocycles. The van der Waals surface area contributed by atoms with Gasteiger partial charge in [0.15, 0.2) is 11.5 Å². The summed E-state index contributed by atoms with van der Waals surface area (Å²) in [6.45, 7) is 5.28. The second-order valence-corrected chi connectivity index (χ2v) is 9.24. The molecule has 0 spiro atoms. The van der Waals surface area contributed by atoms with Crippen molar-refractivity contribution in [2.45, 2.75) is 90.9 Å². The molecule has 0 atom stereocenters. The lowest BCUT2D eigenvalue weighted by Gasteiger charge is -2.17. The molecular weight excluding hydrogens is 442 g/mol. The first kappa shape index (κ1) is 27.3. The van der Waals surface area contributed by atoms with Crippen molar-refractivity contribution in [3.8, 4) is 11.5 Å². The summed E-state index contributed by atoms with van der Waals surface area (Å²) in [6.07, 6.45) is 12.7. The maximum absolute atomic E-state index is 13.2. The van der Waals surface area contributed by atoms with E-state index in [9.17, 15) is 4.79 Å². The second-order valence-electron chi connectivity index (χ2n) is 9.24. The Hall–Kier alpha value is -2.31. The molecule has 2 bridgehead atoms. The van der Waals surface area contributed by atoms with Crippen molar-refractivity contribution in [1.82, 2.24) is 4.57 Å².